The first-order chi connectivity index (χ1) is 11.1. The molecule has 0 bridgehead atoms. The lowest BCUT2D eigenvalue weighted by Crippen LogP contribution is -2.28. The smallest absolute Gasteiger partial charge is 0.324 e. The fourth-order valence-corrected chi connectivity index (χ4v) is 2.04. The van der Waals surface area contributed by atoms with E-state index in [1.165, 1.54) is 29.2 Å². The zero-order valence-corrected chi connectivity index (χ0v) is 11.9. The summed E-state index contributed by atoms with van der Waals surface area (Å²) >= 11 is 0. The van der Waals surface area contributed by atoms with Crippen LogP contribution in [0.1, 0.15) is 0 Å². The molecule has 2 aromatic heterocycles. The number of amides is 1. The van der Waals surface area contributed by atoms with E-state index in [1.807, 2.05) is 0 Å². The molecule has 0 radical (unpaired) electrons. The third kappa shape index (κ3) is 3.31. The van der Waals surface area contributed by atoms with Gasteiger partial charge in [0.05, 0.1) is 0 Å². The minimum Gasteiger partial charge on any atom is -0.324 e. The van der Waals surface area contributed by atoms with E-state index in [4.69, 9.17) is 0 Å². The first kappa shape index (κ1) is 14.6. The zero-order valence-electron chi connectivity index (χ0n) is 11.9. The maximum Gasteiger partial charge on any atom is 0.347 e. The van der Waals surface area contributed by atoms with E-state index >= 15 is 0 Å². The summed E-state index contributed by atoms with van der Waals surface area (Å²) in [4.78, 5) is 26.9. The Morgan fingerprint density at radius 2 is 2.04 bits per heavy atom. The van der Waals surface area contributed by atoms with Crippen LogP contribution in [0, 0.1) is 5.82 Å². The Balaban J connectivity index is 1.73. The van der Waals surface area contributed by atoms with E-state index in [2.05, 4.69) is 15.4 Å². The Bertz CT molecular complexity index is 889. The molecule has 3 aromatic rings. The second kappa shape index (κ2) is 6.22. The first-order valence-corrected chi connectivity index (χ1v) is 6.74. The molecule has 0 aliphatic rings. The standard InChI is InChI=1S/C15H12FN5O2/c16-12-9-11(3-4-13(12)21-8-2-6-18-21)19-14(22)10-20-7-1-5-17-15(20)23/h1-9H,10H2,(H,19,22). The second-order valence-corrected chi connectivity index (χ2v) is 4.70. The van der Waals surface area contributed by atoms with Crippen LogP contribution in [0.2, 0.25) is 0 Å². The number of nitrogens with zero attached hydrogens (tertiary/aromatic N) is 4. The van der Waals surface area contributed by atoms with Crippen LogP contribution in [0.3, 0.4) is 0 Å². The topological polar surface area (TPSA) is 81.8 Å². The molecule has 0 aliphatic carbocycles. The van der Waals surface area contributed by atoms with Gasteiger partial charge >= 0.3 is 5.69 Å². The van der Waals surface area contributed by atoms with Crippen molar-refractivity contribution in [1.29, 1.82) is 0 Å². The molecule has 1 amide bonds. The second-order valence-electron chi connectivity index (χ2n) is 4.70. The van der Waals surface area contributed by atoms with Gasteiger partial charge < -0.3 is 5.32 Å². The van der Waals surface area contributed by atoms with Crippen LogP contribution in [-0.4, -0.2) is 25.2 Å². The Morgan fingerprint density at radius 1 is 1.22 bits per heavy atom. The van der Waals surface area contributed by atoms with Crippen molar-refractivity contribution in [2.24, 2.45) is 0 Å². The molecule has 0 atom stereocenters. The highest BCUT2D eigenvalue weighted by molar-refractivity contribution is 5.90. The summed E-state index contributed by atoms with van der Waals surface area (Å²) in [6.45, 7) is -0.199. The molecule has 0 saturated heterocycles. The van der Waals surface area contributed by atoms with Gasteiger partial charge in [-0.2, -0.15) is 5.10 Å². The van der Waals surface area contributed by atoms with Crippen molar-refractivity contribution in [3.05, 3.63) is 71.4 Å². The van der Waals surface area contributed by atoms with Crippen LogP contribution in [0.4, 0.5) is 10.1 Å². The summed E-state index contributed by atoms with van der Waals surface area (Å²) in [6, 6.07) is 7.49. The van der Waals surface area contributed by atoms with E-state index in [0.29, 0.717) is 5.69 Å². The number of benzene rings is 1. The molecular weight excluding hydrogens is 301 g/mol. The van der Waals surface area contributed by atoms with Crippen molar-refractivity contribution in [3.8, 4) is 5.69 Å². The van der Waals surface area contributed by atoms with Gasteiger partial charge in [0.25, 0.3) is 0 Å². The third-order valence-corrected chi connectivity index (χ3v) is 3.08. The Morgan fingerprint density at radius 3 is 2.74 bits per heavy atom. The van der Waals surface area contributed by atoms with Crippen LogP contribution in [-0.2, 0) is 11.3 Å². The lowest BCUT2D eigenvalue weighted by atomic mass is 10.2. The highest BCUT2D eigenvalue weighted by atomic mass is 19.1. The first-order valence-electron chi connectivity index (χ1n) is 6.74. The molecule has 116 valence electrons. The van der Waals surface area contributed by atoms with Gasteiger partial charge in [0.1, 0.15) is 12.2 Å². The van der Waals surface area contributed by atoms with E-state index in [0.717, 1.165) is 4.57 Å². The number of carbonyl (C=O) groups is 1. The number of carbonyl (C=O) groups excluding carboxylic acids is 1. The minimum absolute atomic E-state index is 0.199. The molecule has 0 unspecified atom stereocenters. The lowest BCUT2D eigenvalue weighted by Gasteiger charge is -2.09. The maximum atomic E-state index is 14.1. The summed E-state index contributed by atoms with van der Waals surface area (Å²) in [5, 5.41) is 6.48. The van der Waals surface area contributed by atoms with Gasteiger partial charge in [-0.25, -0.2) is 18.9 Å². The van der Waals surface area contributed by atoms with Gasteiger partial charge in [0, 0.05) is 30.5 Å². The number of rotatable bonds is 4. The van der Waals surface area contributed by atoms with E-state index in [9.17, 15) is 14.0 Å². The largest absolute Gasteiger partial charge is 0.347 e. The Hall–Kier alpha value is -3.29. The summed E-state index contributed by atoms with van der Waals surface area (Å²) in [7, 11) is 0. The van der Waals surface area contributed by atoms with Gasteiger partial charge in [-0.15, -0.1) is 0 Å². The fraction of sp³-hybridized carbons (Fsp3) is 0.0667. The van der Waals surface area contributed by atoms with Crippen molar-refractivity contribution >= 4 is 11.6 Å². The Kier molecular flexibility index (Phi) is 3.96. The summed E-state index contributed by atoms with van der Waals surface area (Å²) in [5.41, 5.74) is 0.0414. The van der Waals surface area contributed by atoms with E-state index < -0.39 is 17.4 Å². The van der Waals surface area contributed by atoms with Gasteiger partial charge in [0.2, 0.25) is 5.91 Å². The molecule has 3 rings (SSSR count). The molecule has 1 N–H and O–H groups in total. The monoisotopic (exact) mass is 313 g/mol. The normalized spacial score (nSPS) is 10.5. The highest BCUT2D eigenvalue weighted by Crippen LogP contribution is 2.17. The zero-order chi connectivity index (χ0) is 16.2. The number of hydrogen-bond acceptors (Lipinski definition) is 4. The SMILES string of the molecule is O=C(Cn1cccnc1=O)Nc1ccc(-n2cccn2)c(F)c1. The average molecular weight is 313 g/mol. The van der Waals surface area contributed by atoms with Gasteiger partial charge in [-0.05, 0) is 30.3 Å². The number of aromatic nitrogens is 4. The molecule has 0 fully saturated rings. The average Bonchev–Trinajstić information content (AvgIpc) is 3.04. The molecular formula is C15H12FN5O2. The van der Waals surface area contributed by atoms with E-state index in [1.54, 1.807) is 30.6 Å². The van der Waals surface area contributed by atoms with Crippen LogP contribution < -0.4 is 11.0 Å². The predicted molar refractivity (Wildman–Crippen MR) is 80.6 cm³/mol. The quantitative estimate of drug-likeness (QED) is 0.785. The number of anilines is 1. The van der Waals surface area contributed by atoms with Gasteiger partial charge in [-0.3, -0.25) is 9.36 Å². The highest BCUT2D eigenvalue weighted by Gasteiger charge is 2.09. The van der Waals surface area contributed by atoms with Crippen molar-refractivity contribution in [3.63, 3.8) is 0 Å². The van der Waals surface area contributed by atoms with Crippen LogP contribution in [0.5, 0.6) is 0 Å². The molecule has 0 saturated carbocycles. The Labute approximate surface area is 130 Å². The van der Waals surface area contributed by atoms with Crippen molar-refractivity contribution in [2.45, 2.75) is 6.54 Å². The molecule has 2 heterocycles. The number of hydrogen-bond donors (Lipinski definition) is 1. The molecule has 0 aliphatic heterocycles. The molecule has 1 aromatic carbocycles. The summed E-state index contributed by atoms with van der Waals surface area (Å²) in [5.74, 6) is -0.976. The van der Waals surface area contributed by atoms with Crippen LogP contribution >= 0.6 is 0 Å². The van der Waals surface area contributed by atoms with Crippen molar-refractivity contribution in [1.82, 2.24) is 19.3 Å². The van der Waals surface area contributed by atoms with Gasteiger partial charge in [0.15, 0.2) is 5.82 Å². The van der Waals surface area contributed by atoms with E-state index in [-0.39, 0.29) is 12.2 Å². The van der Waals surface area contributed by atoms with Crippen LogP contribution in [0.15, 0.2) is 59.9 Å². The molecule has 23 heavy (non-hydrogen) atoms. The number of nitrogens with one attached hydrogen (secondary N) is 1. The number of halogens is 1. The summed E-state index contributed by atoms with van der Waals surface area (Å²) in [6.07, 6.45) is 5.96. The van der Waals surface area contributed by atoms with Crippen LogP contribution in [0.25, 0.3) is 5.69 Å². The van der Waals surface area contributed by atoms with Crippen molar-refractivity contribution in [2.75, 3.05) is 5.32 Å². The molecule has 0 spiro atoms. The van der Waals surface area contributed by atoms with Gasteiger partial charge in [-0.1, -0.05) is 0 Å². The lowest BCUT2D eigenvalue weighted by molar-refractivity contribution is -0.116. The predicted octanol–water partition coefficient (Wildman–Crippen LogP) is 1.21. The van der Waals surface area contributed by atoms with Crippen molar-refractivity contribution < 1.29 is 9.18 Å². The fourth-order valence-electron chi connectivity index (χ4n) is 2.04. The maximum absolute atomic E-state index is 14.1. The minimum atomic E-state index is -0.525. The summed E-state index contributed by atoms with van der Waals surface area (Å²) < 4.78 is 16.6. The molecule has 8 heteroatoms. The third-order valence-electron chi connectivity index (χ3n) is 3.08. The molecule has 7 nitrogen and oxygen atoms in total.